The molecule has 0 saturated heterocycles. The molecule has 1 amide bonds. The Labute approximate surface area is 136 Å². The molecule has 1 aromatic carbocycles. The third-order valence-electron chi connectivity index (χ3n) is 2.64. The highest BCUT2D eigenvalue weighted by molar-refractivity contribution is 6.42. The van der Waals surface area contributed by atoms with E-state index in [9.17, 15) is 9.59 Å². The first-order valence-electron chi connectivity index (χ1n) is 6.09. The van der Waals surface area contributed by atoms with E-state index in [4.69, 9.17) is 28.9 Å². The van der Waals surface area contributed by atoms with Gasteiger partial charge in [-0.1, -0.05) is 29.3 Å². The van der Waals surface area contributed by atoms with Crippen molar-refractivity contribution in [3.05, 3.63) is 46.3 Å². The lowest BCUT2D eigenvalue weighted by molar-refractivity contribution is -0.106. The summed E-state index contributed by atoms with van der Waals surface area (Å²) < 4.78 is 0. The van der Waals surface area contributed by atoms with Gasteiger partial charge >= 0.3 is 0 Å². The predicted octanol–water partition coefficient (Wildman–Crippen LogP) is 2.54. The van der Waals surface area contributed by atoms with Crippen LogP contribution in [0.1, 0.15) is 16.9 Å². The Balaban J connectivity index is 2.34. The molecule has 0 aliphatic carbocycles. The van der Waals surface area contributed by atoms with Gasteiger partial charge in [-0.2, -0.15) is 4.99 Å². The summed E-state index contributed by atoms with van der Waals surface area (Å²) >= 11 is 11.8. The first-order chi connectivity index (χ1) is 10.5. The molecule has 0 fully saturated rings. The molecule has 1 heterocycles. The molecule has 2 aromatic rings. The Hall–Kier alpha value is -2.31. The first kappa shape index (κ1) is 16.1. The number of aliphatic imine (C=N–C) groups is 1. The van der Waals surface area contributed by atoms with Gasteiger partial charge in [-0.15, -0.1) is 0 Å². The van der Waals surface area contributed by atoms with Crippen molar-refractivity contribution in [2.75, 3.05) is 0 Å². The lowest BCUT2D eigenvalue weighted by Gasteiger charge is -2.04. The van der Waals surface area contributed by atoms with E-state index in [0.717, 1.165) is 0 Å². The molecule has 112 valence electrons. The lowest BCUT2D eigenvalue weighted by atomic mass is 10.1. The Bertz CT molecular complexity index is 762. The third kappa shape index (κ3) is 3.87. The zero-order valence-corrected chi connectivity index (χ0v) is 12.7. The van der Waals surface area contributed by atoms with Crippen LogP contribution >= 0.6 is 23.2 Å². The summed E-state index contributed by atoms with van der Waals surface area (Å²) in [7, 11) is 0. The molecule has 0 unspecified atom stereocenters. The number of rotatable bonds is 4. The molecule has 0 aliphatic heterocycles. The summed E-state index contributed by atoms with van der Waals surface area (Å²) in [5.74, 6) is -0.724. The molecule has 1 aromatic heterocycles. The van der Waals surface area contributed by atoms with E-state index >= 15 is 0 Å². The van der Waals surface area contributed by atoms with E-state index in [1.165, 1.54) is 12.4 Å². The van der Waals surface area contributed by atoms with Gasteiger partial charge in [0.15, 0.2) is 0 Å². The van der Waals surface area contributed by atoms with Crippen molar-refractivity contribution in [2.24, 2.45) is 10.7 Å². The molecule has 22 heavy (non-hydrogen) atoms. The second-order valence-electron chi connectivity index (χ2n) is 4.20. The SMILES string of the molecule is NC(CC=O)=NC(=O)c1cc(-c2ccc(Cl)c(Cl)c2)ncn1. The molecule has 0 spiro atoms. The second-order valence-corrected chi connectivity index (χ2v) is 5.01. The van der Waals surface area contributed by atoms with Gasteiger partial charge in [0.2, 0.25) is 0 Å². The van der Waals surface area contributed by atoms with Gasteiger partial charge in [0.1, 0.15) is 24.1 Å². The van der Waals surface area contributed by atoms with E-state index in [2.05, 4.69) is 15.0 Å². The van der Waals surface area contributed by atoms with E-state index in [1.54, 1.807) is 18.2 Å². The van der Waals surface area contributed by atoms with Gasteiger partial charge < -0.3 is 10.5 Å². The topological polar surface area (TPSA) is 98.3 Å². The number of carbonyl (C=O) groups excluding carboxylic acids is 2. The molecule has 0 atom stereocenters. The van der Waals surface area contributed by atoms with Crippen LogP contribution in [0.4, 0.5) is 0 Å². The Morgan fingerprint density at radius 1 is 1.23 bits per heavy atom. The van der Waals surface area contributed by atoms with Gasteiger partial charge in [0.25, 0.3) is 5.91 Å². The molecule has 0 bridgehead atoms. The highest BCUT2D eigenvalue weighted by atomic mass is 35.5. The number of hydrogen-bond donors (Lipinski definition) is 1. The van der Waals surface area contributed by atoms with Gasteiger partial charge in [-0.25, -0.2) is 9.97 Å². The number of aromatic nitrogens is 2. The smallest absolute Gasteiger partial charge is 0.297 e. The summed E-state index contributed by atoms with van der Waals surface area (Å²) in [6.45, 7) is 0. The van der Waals surface area contributed by atoms with E-state index in [-0.39, 0.29) is 18.0 Å². The average molecular weight is 337 g/mol. The number of nitrogens with zero attached hydrogens (tertiary/aromatic N) is 3. The fourth-order valence-electron chi connectivity index (χ4n) is 1.61. The summed E-state index contributed by atoms with van der Waals surface area (Å²) in [5.41, 5.74) is 6.65. The summed E-state index contributed by atoms with van der Waals surface area (Å²) in [6.07, 6.45) is 1.68. The van der Waals surface area contributed by atoms with Crippen LogP contribution in [0.3, 0.4) is 0 Å². The monoisotopic (exact) mass is 336 g/mol. The maximum absolute atomic E-state index is 11.9. The van der Waals surface area contributed by atoms with E-state index in [0.29, 0.717) is 27.6 Å². The summed E-state index contributed by atoms with van der Waals surface area (Å²) in [4.78, 5) is 33.7. The van der Waals surface area contributed by atoms with Crippen LogP contribution < -0.4 is 5.73 Å². The van der Waals surface area contributed by atoms with Crippen LogP contribution in [0, 0.1) is 0 Å². The Morgan fingerprint density at radius 3 is 2.68 bits per heavy atom. The van der Waals surface area contributed by atoms with Gasteiger partial charge in [-0.05, 0) is 18.2 Å². The molecular formula is C14H10Cl2N4O2. The molecule has 2 rings (SSSR count). The molecule has 0 saturated carbocycles. The molecular weight excluding hydrogens is 327 g/mol. The second kappa shape index (κ2) is 7.11. The van der Waals surface area contributed by atoms with E-state index in [1.807, 2.05) is 0 Å². The molecule has 0 aliphatic rings. The minimum absolute atomic E-state index is 0.0601. The molecule has 2 N–H and O–H groups in total. The maximum Gasteiger partial charge on any atom is 0.297 e. The van der Waals surface area contributed by atoms with Crippen LogP contribution in [0.15, 0.2) is 35.6 Å². The summed E-state index contributed by atoms with van der Waals surface area (Å²) in [5, 5.41) is 0.793. The minimum Gasteiger partial charge on any atom is -0.387 e. The zero-order valence-electron chi connectivity index (χ0n) is 11.2. The van der Waals surface area contributed by atoms with Crippen LogP contribution in [-0.4, -0.2) is 28.0 Å². The number of nitrogens with two attached hydrogens (primary N) is 1. The number of aldehydes is 1. The minimum atomic E-state index is -0.650. The molecule has 6 nitrogen and oxygen atoms in total. The van der Waals surface area contributed by atoms with Crippen molar-refractivity contribution in [1.82, 2.24) is 9.97 Å². The third-order valence-corrected chi connectivity index (χ3v) is 3.38. The molecule has 0 radical (unpaired) electrons. The number of carbonyl (C=O) groups is 2. The highest BCUT2D eigenvalue weighted by Gasteiger charge is 2.10. The van der Waals surface area contributed by atoms with E-state index < -0.39 is 5.91 Å². The largest absolute Gasteiger partial charge is 0.387 e. The van der Waals surface area contributed by atoms with Crippen molar-refractivity contribution in [2.45, 2.75) is 6.42 Å². The number of halogens is 2. The number of benzene rings is 1. The Morgan fingerprint density at radius 2 is 2.00 bits per heavy atom. The Kier molecular flexibility index (Phi) is 5.19. The first-order valence-corrected chi connectivity index (χ1v) is 6.85. The van der Waals surface area contributed by atoms with Gasteiger partial charge in [0.05, 0.1) is 22.2 Å². The molecule has 8 heteroatoms. The fraction of sp³-hybridized carbons (Fsp3) is 0.0714. The highest BCUT2D eigenvalue weighted by Crippen LogP contribution is 2.27. The average Bonchev–Trinajstić information content (AvgIpc) is 2.50. The van der Waals surface area contributed by atoms with Crippen molar-refractivity contribution in [1.29, 1.82) is 0 Å². The normalized spacial score (nSPS) is 11.3. The zero-order chi connectivity index (χ0) is 16.1. The maximum atomic E-state index is 11.9. The van der Waals surface area contributed by atoms with Gasteiger partial charge in [0, 0.05) is 5.56 Å². The van der Waals surface area contributed by atoms with Crippen molar-refractivity contribution >= 4 is 41.2 Å². The van der Waals surface area contributed by atoms with Crippen molar-refractivity contribution in [3.8, 4) is 11.3 Å². The number of hydrogen-bond acceptors (Lipinski definition) is 4. The van der Waals surface area contributed by atoms with Crippen LogP contribution in [0.2, 0.25) is 10.0 Å². The van der Waals surface area contributed by atoms with Crippen LogP contribution in [-0.2, 0) is 4.79 Å². The van der Waals surface area contributed by atoms with Gasteiger partial charge in [-0.3, -0.25) is 4.79 Å². The van der Waals surface area contributed by atoms with Crippen molar-refractivity contribution in [3.63, 3.8) is 0 Å². The lowest BCUT2D eigenvalue weighted by Crippen LogP contribution is -2.15. The quantitative estimate of drug-likeness (QED) is 0.525. The van der Waals surface area contributed by atoms with Crippen LogP contribution in [0.25, 0.3) is 11.3 Å². The fourth-order valence-corrected chi connectivity index (χ4v) is 1.90. The number of amides is 1. The van der Waals surface area contributed by atoms with Crippen LogP contribution in [0.5, 0.6) is 0 Å². The number of amidine groups is 1. The van der Waals surface area contributed by atoms with Crippen molar-refractivity contribution < 1.29 is 9.59 Å². The predicted molar refractivity (Wildman–Crippen MR) is 84.1 cm³/mol. The standard InChI is InChI=1S/C14H10Cl2N4O2/c15-9-2-1-8(5-10(9)16)11-6-12(19-7-18-11)14(22)20-13(17)3-4-21/h1-2,4-7H,3H2,(H2,17,20,22). The summed E-state index contributed by atoms with van der Waals surface area (Å²) in [6, 6.07) is 6.43.